The van der Waals surface area contributed by atoms with Crippen LogP contribution in [-0.2, 0) is 0 Å². The first kappa shape index (κ1) is 10.0. The quantitative estimate of drug-likeness (QED) is 0.435. The highest BCUT2D eigenvalue weighted by atomic mass is 14.2. The summed E-state index contributed by atoms with van der Waals surface area (Å²) in [6.45, 7) is 2.20. The van der Waals surface area contributed by atoms with E-state index in [1.165, 1.54) is 25.7 Å². The molecule has 1 nitrogen and oxygen atoms in total. The molecule has 0 unspecified atom stereocenters. The van der Waals surface area contributed by atoms with Crippen molar-refractivity contribution in [3.63, 3.8) is 0 Å². The highest BCUT2D eigenvalue weighted by Crippen LogP contribution is 2.03. The number of nitrogens with zero attached hydrogens (tertiary/aromatic N) is 1. The first-order chi connectivity index (χ1) is 5.41. The van der Waals surface area contributed by atoms with Crippen LogP contribution in [0.2, 0.25) is 0 Å². The first-order valence-corrected chi connectivity index (χ1v) is 4.28. The Kier molecular flexibility index (Phi) is 8.27. The Morgan fingerprint density at radius 1 is 1.09 bits per heavy atom. The molecule has 0 aromatic rings. The van der Waals surface area contributed by atoms with Crippen molar-refractivity contribution in [2.45, 2.75) is 45.4 Å². The van der Waals surface area contributed by atoms with Gasteiger partial charge < -0.3 is 0 Å². The van der Waals surface area contributed by atoms with E-state index in [0.29, 0.717) is 0 Å². The minimum absolute atomic E-state index is 0.886. The van der Waals surface area contributed by atoms with Gasteiger partial charge in [0.1, 0.15) is 0 Å². The normalized spacial score (nSPS) is 8.00. The second kappa shape index (κ2) is 9.05. The average molecular weight is 149 g/mol. The van der Waals surface area contributed by atoms with Crippen molar-refractivity contribution in [3.05, 3.63) is 0 Å². The van der Waals surface area contributed by atoms with Gasteiger partial charge in [0.2, 0.25) is 0 Å². The van der Waals surface area contributed by atoms with Crippen molar-refractivity contribution >= 4 is 0 Å². The molecule has 0 saturated carbocycles. The van der Waals surface area contributed by atoms with E-state index >= 15 is 0 Å². The molecule has 0 fully saturated rings. The maximum Gasteiger partial charge on any atom is 0.152 e. The van der Waals surface area contributed by atoms with E-state index in [0.717, 1.165) is 12.8 Å². The van der Waals surface area contributed by atoms with Gasteiger partial charge in [0, 0.05) is 12.3 Å². The lowest BCUT2D eigenvalue weighted by atomic mass is 10.1. The van der Waals surface area contributed by atoms with E-state index in [1.807, 2.05) is 6.07 Å². The summed E-state index contributed by atoms with van der Waals surface area (Å²) in [5, 5.41) is 8.08. The third-order valence-corrected chi connectivity index (χ3v) is 1.55. The molecule has 0 bridgehead atoms. The molecule has 0 amide bonds. The number of rotatable bonds is 5. The molecule has 0 aliphatic rings. The lowest BCUT2D eigenvalue weighted by Gasteiger charge is -1.93. The smallest absolute Gasteiger partial charge is 0.152 e. The van der Waals surface area contributed by atoms with Crippen LogP contribution < -0.4 is 0 Å². The monoisotopic (exact) mass is 149 g/mol. The second-order valence-electron chi connectivity index (χ2n) is 2.58. The van der Waals surface area contributed by atoms with E-state index in [9.17, 15) is 0 Å². The van der Waals surface area contributed by atoms with Crippen molar-refractivity contribution < 1.29 is 0 Å². The zero-order valence-corrected chi connectivity index (χ0v) is 7.19. The van der Waals surface area contributed by atoms with Gasteiger partial charge in [-0.3, -0.25) is 0 Å². The van der Waals surface area contributed by atoms with E-state index in [1.54, 1.807) is 0 Å². The van der Waals surface area contributed by atoms with Gasteiger partial charge in [0.15, 0.2) is 6.07 Å². The standard InChI is InChI=1S/C10H15N/c1-2-3-4-5-6-7-8-9-10-11/h2-7H2,1H3. The Labute approximate surface area is 69.4 Å². The summed E-state index contributed by atoms with van der Waals surface area (Å²) in [6, 6.07) is 1.81. The van der Waals surface area contributed by atoms with Crippen molar-refractivity contribution in [2.75, 3.05) is 0 Å². The maximum absolute atomic E-state index is 8.08. The number of hydrogen-bond donors (Lipinski definition) is 0. The molecule has 11 heavy (non-hydrogen) atoms. The maximum atomic E-state index is 8.08. The molecule has 0 saturated heterocycles. The van der Waals surface area contributed by atoms with Crippen molar-refractivity contribution in [2.24, 2.45) is 0 Å². The SMILES string of the molecule is CCCCCCCC#CC#N. The van der Waals surface area contributed by atoms with E-state index in [-0.39, 0.29) is 0 Å². The van der Waals surface area contributed by atoms with Crippen LogP contribution in [0, 0.1) is 23.2 Å². The molecule has 0 aromatic carbocycles. The Hall–Kier alpha value is -0.950. The Bertz CT molecular complexity index is 166. The summed E-state index contributed by atoms with van der Waals surface area (Å²) >= 11 is 0. The molecular formula is C10H15N. The molecule has 0 aromatic heterocycles. The average Bonchev–Trinajstić information content (AvgIpc) is 2.03. The van der Waals surface area contributed by atoms with Crippen LogP contribution in [0.3, 0.4) is 0 Å². The number of unbranched alkanes of at least 4 members (excludes halogenated alkanes) is 5. The predicted octanol–water partition coefficient (Wildman–Crippen LogP) is 2.87. The predicted molar refractivity (Wildman–Crippen MR) is 46.8 cm³/mol. The van der Waals surface area contributed by atoms with Crippen LogP contribution in [0.4, 0.5) is 0 Å². The van der Waals surface area contributed by atoms with E-state index in [2.05, 4.69) is 18.8 Å². The molecule has 0 rings (SSSR count). The third kappa shape index (κ3) is 9.05. The highest BCUT2D eigenvalue weighted by Gasteiger charge is 1.85. The van der Waals surface area contributed by atoms with Crippen LogP contribution in [0.1, 0.15) is 45.4 Å². The van der Waals surface area contributed by atoms with Crippen LogP contribution in [0.25, 0.3) is 0 Å². The van der Waals surface area contributed by atoms with Gasteiger partial charge in [-0.15, -0.1) is 0 Å². The molecule has 0 atom stereocenters. The van der Waals surface area contributed by atoms with Gasteiger partial charge in [-0.1, -0.05) is 38.5 Å². The van der Waals surface area contributed by atoms with Gasteiger partial charge >= 0.3 is 0 Å². The van der Waals surface area contributed by atoms with Crippen LogP contribution in [-0.4, -0.2) is 0 Å². The fraction of sp³-hybridized carbons (Fsp3) is 0.700. The van der Waals surface area contributed by atoms with Crippen molar-refractivity contribution in [1.29, 1.82) is 5.26 Å². The topological polar surface area (TPSA) is 23.8 Å². The van der Waals surface area contributed by atoms with Gasteiger partial charge in [-0.2, -0.15) is 5.26 Å². The minimum Gasteiger partial charge on any atom is -0.183 e. The Balaban J connectivity index is 2.98. The van der Waals surface area contributed by atoms with Gasteiger partial charge in [-0.25, -0.2) is 0 Å². The Morgan fingerprint density at radius 3 is 2.45 bits per heavy atom. The number of hydrogen-bond acceptors (Lipinski definition) is 1. The molecule has 0 heterocycles. The van der Waals surface area contributed by atoms with Crippen LogP contribution in [0.15, 0.2) is 0 Å². The summed E-state index contributed by atoms with van der Waals surface area (Å²) in [5.41, 5.74) is 0. The minimum atomic E-state index is 0.886. The van der Waals surface area contributed by atoms with Crippen molar-refractivity contribution in [3.8, 4) is 17.9 Å². The molecule has 0 N–H and O–H groups in total. The van der Waals surface area contributed by atoms with Crippen molar-refractivity contribution in [1.82, 2.24) is 0 Å². The summed E-state index contributed by atoms with van der Waals surface area (Å²) in [6.07, 6.45) is 7.21. The van der Waals surface area contributed by atoms with Crippen LogP contribution in [0.5, 0.6) is 0 Å². The molecular weight excluding hydrogens is 134 g/mol. The molecule has 0 radical (unpaired) electrons. The molecule has 0 aliphatic heterocycles. The summed E-state index contributed by atoms with van der Waals surface area (Å²) in [7, 11) is 0. The summed E-state index contributed by atoms with van der Waals surface area (Å²) in [4.78, 5) is 0. The van der Waals surface area contributed by atoms with Gasteiger partial charge in [-0.05, 0) is 6.42 Å². The molecule has 0 spiro atoms. The summed E-state index contributed by atoms with van der Waals surface area (Å²) in [5.74, 6) is 5.20. The lowest BCUT2D eigenvalue weighted by molar-refractivity contribution is 0.641. The highest BCUT2D eigenvalue weighted by molar-refractivity contribution is 5.16. The third-order valence-electron chi connectivity index (χ3n) is 1.55. The Morgan fingerprint density at radius 2 is 1.82 bits per heavy atom. The number of nitriles is 1. The largest absolute Gasteiger partial charge is 0.183 e. The summed E-state index contributed by atoms with van der Waals surface area (Å²) < 4.78 is 0. The zero-order valence-electron chi connectivity index (χ0n) is 7.19. The van der Waals surface area contributed by atoms with Gasteiger partial charge in [0.05, 0.1) is 0 Å². The van der Waals surface area contributed by atoms with E-state index in [4.69, 9.17) is 5.26 Å². The van der Waals surface area contributed by atoms with E-state index < -0.39 is 0 Å². The van der Waals surface area contributed by atoms with Gasteiger partial charge in [0.25, 0.3) is 0 Å². The lowest BCUT2D eigenvalue weighted by Crippen LogP contribution is -1.75. The first-order valence-electron chi connectivity index (χ1n) is 4.28. The molecule has 0 aliphatic carbocycles. The fourth-order valence-corrected chi connectivity index (χ4v) is 0.919. The molecule has 60 valence electrons. The van der Waals surface area contributed by atoms with Crippen LogP contribution >= 0.6 is 0 Å². The molecule has 1 heteroatoms. The zero-order chi connectivity index (χ0) is 8.36. The fourth-order valence-electron chi connectivity index (χ4n) is 0.919. The second-order valence-corrected chi connectivity index (χ2v) is 2.58.